The topological polar surface area (TPSA) is 102 Å². The highest BCUT2D eigenvalue weighted by atomic mass is 35.5. The fourth-order valence-corrected chi connectivity index (χ4v) is 6.26. The number of piperidine rings is 1. The smallest absolute Gasteiger partial charge is 0.387 e. The van der Waals surface area contributed by atoms with Crippen LogP contribution in [-0.4, -0.2) is 45.9 Å². The number of carboxylic acids is 1. The average molecular weight is 579 g/mol. The van der Waals surface area contributed by atoms with Gasteiger partial charge in [0.1, 0.15) is 22.9 Å². The number of carboxylic acid groups (broad SMARTS) is 1. The van der Waals surface area contributed by atoms with E-state index in [-0.39, 0.29) is 22.4 Å². The molecule has 7 rings (SSSR count). The van der Waals surface area contributed by atoms with Gasteiger partial charge in [-0.3, -0.25) is 4.98 Å². The van der Waals surface area contributed by atoms with Crippen molar-refractivity contribution in [3.63, 3.8) is 0 Å². The molecule has 0 radical (unpaired) electrons. The maximum Gasteiger partial charge on any atom is 0.387 e. The van der Waals surface area contributed by atoms with Gasteiger partial charge in [0, 0.05) is 42.3 Å². The Labute approximate surface area is 238 Å². The van der Waals surface area contributed by atoms with E-state index in [0.29, 0.717) is 27.7 Å². The van der Waals surface area contributed by atoms with Gasteiger partial charge in [0.25, 0.3) is 0 Å². The zero-order chi connectivity index (χ0) is 28.3. The first-order valence-corrected chi connectivity index (χ1v) is 13.9. The van der Waals surface area contributed by atoms with Crippen LogP contribution in [0.1, 0.15) is 59.8 Å². The minimum absolute atomic E-state index is 0.0633. The normalized spacial score (nSPS) is 18.0. The quantitative estimate of drug-likeness (QED) is 0.246. The van der Waals surface area contributed by atoms with Gasteiger partial charge in [0.15, 0.2) is 5.69 Å². The second-order valence-corrected chi connectivity index (χ2v) is 11.4. The summed E-state index contributed by atoms with van der Waals surface area (Å²) in [5, 5.41) is 14.6. The van der Waals surface area contributed by atoms with E-state index in [1.165, 1.54) is 5.57 Å². The number of allylic oxidation sites excluding steroid dienone is 2. The molecule has 2 aliphatic carbocycles. The van der Waals surface area contributed by atoms with Gasteiger partial charge in [0.2, 0.25) is 0 Å². The predicted octanol–water partition coefficient (Wildman–Crippen LogP) is 7.19. The lowest BCUT2D eigenvalue weighted by atomic mass is 9.63. The molecule has 3 aliphatic rings. The molecule has 1 saturated heterocycles. The van der Waals surface area contributed by atoms with Crippen LogP contribution in [0.5, 0.6) is 5.75 Å². The minimum Gasteiger partial charge on any atom is -0.477 e. The molecule has 1 spiro atoms. The third-order valence-electron chi connectivity index (χ3n) is 8.31. The van der Waals surface area contributed by atoms with Crippen molar-refractivity contribution in [1.82, 2.24) is 15.1 Å². The zero-order valence-corrected chi connectivity index (χ0v) is 22.6. The number of aromatic nitrogens is 3. The number of pyridine rings is 2. The van der Waals surface area contributed by atoms with Crippen molar-refractivity contribution < 1.29 is 27.9 Å². The van der Waals surface area contributed by atoms with Crippen LogP contribution in [0.2, 0.25) is 5.02 Å². The molecule has 11 heteroatoms. The molecule has 1 N–H and O–H groups in total. The first-order valence-electron chi connectivity index (χ1n) is 13.5. The van der Waals surface area contributed by atoms with E-state index in [9.17, 15) is 18.7 Å². The molecule has 1 aliphatic heterocycles. The first kappa shape index (κ1) is 25.9. The van der Waals surface area contributed by atoms with E-state index in [4.69, 9.17) is 16.1 Å². The minimum atomic E-state index is -3.08. The molecular formula is C30H25ClF2N4O4. The molecule has 8 nitrogen and oxygen atoms in total. The Morgan fingerprint density at radius 2 is 1.95 bits per heavy atom. The average Bonchev–Trinajstić information content (AvgIpc) is 3.70. The Bertz CT molecular complexity index is 1710. The van der Waals surface area contributed by atoms with E-state index < -0.39 is 12.6 Å². The molecule has 0 unspecified atom stereocenters. The van der Waals surface area contributed by atoms with Crippen LogP contribution in [0.25, 0.3) is 27.9 Å². The Kier molecular flexibility index (Phi) is 6.19. The summed E-state index contributed by atoms with van der Waals surface area (Å²) in [5.41, 5.74) is 4.44. The maximum absolute atomic E-state index is 13.1. The Balaban J connectivity index is 1.13. The molecular weight excluding hydrogens is 554 g/mol. The molecule has 0 amide bonds. The van der Waals surface area contributed by atoms with E-state index in [1.54, 1.807) is 24.4 Å². The summed E-state index contributed by atoms with van der Waals surface area (Å²) in [6.07, 6.45) is 9.01. The first-order chi connectivity index (χ1) is 19.8. The molecule has 210 valence electrons. The largest absolute Gasteiger partial charge is 0.477 e. The van der Waals surface area contributed by atoms with E-state index in [1.807, 2.05) is 12.1 Å². The van der Waals surface area contributed by atoms with Gasteiger partial charge in [-0.15, -0.1) is 0 Å². The van der Waals surface area contributed by atoms with E-state index in [2.05, 4.69) is 30.8 Å². The van der Waals surface area contributed by atoms with Gasteiger partial charge in [-0.1, -0.05) is 22.8 Å². The lowest BCUT2D eigenvalue weighted by Gasteiger charge is -2.47. The van der Waals surface area contributed by atoms with E-state index >= 15 is 0 Å². The van der Waals surface area contributed by atoms with Crippen molar-refractivity contribution in [2.24, 2.45) is 5.41 Å². The Morgan fingerprint density at radius 1 is 1.17 bits per heavy atom. The van der Waals surface area contributed by atoms with Gasteiger partial charge in [-0.2, -0.15) is 8.78 Å². The maximum atomic E-state index is 13.1. The summed E-state index contributed by atoms with van der Waals surface area (Å²) in [4.78, 5) is 22.2. The number of aromatic carboxylic acids is 1. The molecule has 0 bridgehead atoms. The lowest BCUT2D eigenvalue weighted by molar-refractivity contribution is -0.0489. The van der Waals surface area contributed by atoms with Crippen LogP contribution in [0.3, 0.4) is 0 Å². The molecule has 1 saturated carbocycles. The van der Waals surface area contributed by atoms with Crippen molar-refractivity contribution in [2.75, 3.05) is 18.0 Å². The van der Waals surface area contributed by atoms with Gasteiger partial charge in [-0.25, -0.2) is 9.78 Å². The fourth-order valence-electron chi connectivity index (χ4n) is 6.05. The van der Waals surface area contributed by atoms with Crippen LogP contribution in [-0.2, 0) is 0 Å². The highest BCUT2D eigenvalue weighted by Gasteiger charge is 2.44. The Morgan fingerprint density at radius 3 is 2.63 bits per heavy atom. The number of ether oxygens (including phenoxy) is 1. The second-order valence-electron chi connectivity index (χ2n) is 11.0. The molecule has 41 heavy (non-hydrogen) atoms. The number of hydrogen-bond donors (Lipinski definition) is 1. The molecule has 3 aromatic heterocycles. The van der Waals surface area contributed by atoms with Crippen LogP contribution in [0, 0.1) is 5.41 Å². The molecule has 2 fully saturated rings. The SMILES string of the molecule is O=C(O)c1cc(OC(F)F)c2cc(N3CCC4(C=C(c5c(-c6ncccc6Cl)noc5C5CC5)C4)CC3)ccc2n1. The number of halogens is 3. The predicted molar refractivity (Wildman–Crippen MR) is 149 cm³/mol. The molecule has 0 atom stereocenters. The number of hydrogen-bond acceptors (Lipinski definition) is 7. The fraction of sp³-hybridized carbons (Fsp3) is 0.333. The van der Waals surface area contributed by atoms with Crippen LogP contribution in [0.4, 0.5) is 14.5 Å². The number of rotatable bonds is 7. The summed E-state index contributed by atoms with van der Waals surface area (Å²) in [6, 6.07) is 9.88. The summed E-state index contributed by atoms with van der Waals surface area (Å²) >= 11 is 6.47. The van der Waals surface area contributed by atoms with Crippen LogP contribution in [0.15, 0.2) is 53.2 Å². The summed E-state index contributed by atoms with van der Waals surface area (Å²) in [7, 11) is 0. The number of fused-ring (bicyclic) bond motifs is 1. The van der Waals surface area contributed by atoms with Crippen LogP contribution >= 0.6 is 11.6 Å². The second kappa shape index (κ2) is 9.80. The number of alkyl halides is 2. The monoisotopic (exact) mass is 578 g/mol. The van der Waals surface area contributed by atoms with Crippen molar-refractivity contribution in [3.05, 3.63) is 70.7 Å². The highest BCUT2D eigenvalue weighted by molar-refractivity contribution is 6.33. The van der Waals surface area contributed by atoms with Gasteiger partial charge >= 0.3 is 12.6 Å². The van der Waals surface area contributed by atoms with Crippen molar-refractivity contribution >= 4 is 39.7 Å². The Hall–Kier alpha value is -4.05. The number of nitrogens with zero attached hydrogens (tertiary/aromatic N) is 4. The van der Waals surface area contributed by atoms with Crippen molar-refractivity contribution in [2.45, 2.75) is 44.6 Å². The molecule has 4 aromatic rings. The molecule has 1 aromatic carbocycles. The molecule has 4 heterocycles. The third kappa shape index (κ3) is 4.69. The van der Waals surface area contributed by atoms with Crippen LogP contribution < -0.4 is 9.64 Å². The standard InChI is InChI=1S/C30H25ClF2N4O4/c31-20-2-1-9-34-25(20)26-24(27(41-36-26)16-3-4-16)17-14-30(15-17)7-10-37(11-8-30)18-5-6-21-19(12-18)23(40-29(32)33)13-22(35-21)28(38)39/h1-2,5-6,9,12-14,16,29H,3-4,7-8,10-11,15H2,(H,38,39). The zero-order valence-electron chi connectivity index (χ0n) is 21.8. The third-order valence-corrected chi connectivity index (χ3v) is 8.61. The van der Waals surface area contributed by atoms with E-state index in [0.717, 1.165) is 68.3 Å². The number of benzene rings is 1. The summed E-state index contributed by atoms with van der Waals surface area (Å²) in [5.74, 6) is -0.192. The van der Waals surface area contributed by atoms with Crippen molar-refractivity contribution in [1.29, 1.82) is 0 Å². The van der Waals surface area contributed by atoms with Gasteiger partial charge < -0.3 is 19.3 Å². The highest BCUT2D eigenvalue weighted by Crippen LogP contribution is 2.56. The lowest BCUT2D eigenvalue weighted by Crippen LogP contribution is -2.42. The van der Waals surface area contributed by atoms with Gasteiger partial charge in [0.05, 0.1) is 16.1 Å². The van der Waals surface area contributed by atoms with Gasteiger partial charge in [-0.05, 0) is 73.4 Å². The number of carbonyl (C=O) groups is 1. The summed E-state index contributed by atoms with van der Waals surface area (Å²) < 4.78 is 36.7. The van der Waals surface area contributed by atoms with Crippen molar-refractivity contribution in [3.8, 4) is 17.1 Å². The summed E-state index contributed by atoms with van der Waals surface area (Å²) in [6.45, 7) is -1.53. The number of anilines is 1.